The van der Waals surface area contributed by atoms with E-state index < -0.39 is 0 Å². The third kappa shape index (κ3) is 9.75. The fourth-order valence-electron chi connectivity index (χ4n) is 3.91. The minimum Gasteiger partial charge on any atom is -0.493 e. The minimum atomic E-state index is 0.382. The topological polar surface area (TPSA) is 34.2 Å². The molecule has 190 valence electrons. The highest BCUT2D eigenvalue weighted by Crippen LogP contribution is 2.37. The number of hydrogen-bond donors (Lipinski definition) is 1. The predicted molar refractivity (Wildman–Crippen MR) is 150 cm³/mol. The molecule has 3 nitrogen and oxygen atoms in total. The van der Waals surface area contributed by atoms with Crippen molar-refractivity contribution < 1.29 is 9.13 Å². The summed E-state index contributed by atoms with van der Waals surface area (Å²) in [7, 11) is 0.500. The maximum atomic E-state index is 9.50. The highest BCUT2D eigenvalue weighted by Gasteiger charge is 2.21. The lowest BCUT2D eigenvalue weighted by atomic mass is 10.0. The zero-order valence-corrected chi connectivity index (χ0v) is 22.5. The van der Waals surface area contributed by atoms with Gasteiger partial charge in [-0.2, -0.15) is 0 Å². The van der Waals surface area contributed by atoms with E-state index in [4.69, 9.17) is 9.72 Å². The van der Waals surface area contributed by atoms with Crippen LogP contribution in [0.2, 0.25) is 0 Å². The quantitative estimate of drug-likeness (QED) is 0.278. The summed E-state index contributed by atoms with van der Waals surface area (Å²) < 4.78 is 15.5. The van der Waals surface area contributed by atoms with Gasteiger partial charge < -0.3 is 10.1 Å². The van der Waals surface area contributed by atoms with Gasteiger partial charge in [-0.3, -0.25) is 4.39 Å². The molecule has 1 heterocycles. The lowest BCUT2D eigenvalue weighted by molar-refractivity contribution is 0.309. The Labute approximate surface area is 208 Å². The molecule has 34 heavy (non-hydrogen) atoms. The Morgan fingerprint density at radius 1 is 1.03 bits per heavy atom. The Balaban J connectivity index is 0.000000938. The van der Waals surface area contributed by atoms with Crippen LogP contribution in [0.15, 0.2) is 18.7 Å². The summed E-state index contributed by atoms with van der Waals surface area (Å²) in [5.41, 5.74) is 4.94. The van der Waals surface area contributed by atoms with E-state index in [0.29, 0.717) is 13.2 Å². The maximum Gasteiger partial charge on any atom is 0.130 e. The first-order valence-corrected chi connectivity index (χ1v) is 12.8. The number of nitrogens with zero attached hydrogens (tertiary/aromatic N) is 1. The summed E-state index contributed by atoms with van der Waals surface area (Å²) in [6.07, 6.45) is 21.1. The van der Waals surface area contributed by atoms with E-state index in [-0.39, 0.29) is 0 Å². The average Bonchev–Trinajstić information content (AvgIpc) is 3.36. The van der Waals surface area contributed by atoms with E-state index >= 15 is 0 Å². The summed E-state index contributed by atoms with van der Waals surface area (Å²) in [6.45, 7) is 15.7. The average molecular weight is 471 g/mol. The summed E-state index contributed by atoms with van der Waals surface area (Å²) in [5.74, 6) is 1.95. The number of ether oxygens (including phenoxy) is 1. The number of aromatic nitrogens is 1. The first kappa shape index (κ1) is 31.5. The van der Waals surface area contributed by atoms with Crippen molar-refractivity contribution in [2.24, 2.45) is 0 Å². The highest BCUT2D eigenvalue weighted by atomic mass is 19.1. The molecule has 4 heteroatoms. The standard InChI is InChI=1S/C21H28N2O.C6H14.C2H2.CH3F/c1-5-7-11-24-20-13-19-18(12-15(20)6-2)16-9-8-10-17(16)21(23-19)22-14(3)4;1-3-5-6-4-2;2*1-2/h6,12-14H,2,5,7-11H2,1,3-4H3,(H,22,23);3-6H2,1-2H3;1-2H;1H3. The van der Waals surface area contributed by atoms with Crippen LogP contribution in [0.4, 0.5) is 10.2 Å². The van der Waals surface area contributed by atoms with Crippen LogP contribution in [0.25, 0.3) is 17.0 Å². The van der Waals surface area contributed by atoms with E-state index in [0.717, 1.165) is 54.9 Å². The van der Waals surface area contributed by atoms with Crippen molar-refractivity contribution in [3.05, 3.63) is 35.4 Å². The number of anilines is 1. The minimum absolute atomic E-state index is 0.382. The summed E-state index contributed by atoms with van der Waals surface area (Å²) >= 11 is 0. The summed E-state index contributed by atoms with van der Waals surface area (Å²) in [5, 5.41) is 4.78. The predicted octanol–water partition coefficient (Wildman–Crippen LogP) is 8.79. The molecule has 0 spiro atoms. The zero-order chi connectivity index (χ0) is 25.9. The number of rotatable bonds is 10. The number of benzene rings is 1. The first-order valence-electron chi connectivity index (χ1n) is 12.8. The Morgan fingerprint density at radius 3 is 2.15 bits per heavy atom. The molecule has 0 amide bonds. The molecule has 1 aromatic heterocycles. The van der Waals surface area contributed by atoms with Gasteiger partial charge in [-0.25, -0.2) is 4.98 Å². The molecule has 2 aromatic rings. The third-order valence-electron chi connectivity index (χ3n) is 5.55. The second-order valence-electron chi connectivity index (χ2n) is 8.59. The van der Waals surface area contributed by atoms with Gasteiger partial charge in [0, 0.05) is 23.1 Å². The molecule has 1 aliphatic rings. The molecule has 1 aromatic carbocycles. The molecular formula is C30H47FN2O. The van der Waals surface area contributed by atoms with Gasteiger partial charge in [0.2, 0.25) is 0 Å². The second kappa shape index (κ2) is 18.8. The van der Waals surface area contributed by atoms with Crippen LogP contribution in [0, 0.1) is 12.8 Å². The van der Waals surface area contributed by atoms with Gasteiger partial charge >= 0.3 is 0 Å². The molecule has 0 saturated carbocycles. The highest BCUT2D eigenvalue weighted by molar-refractivity contribution is 5.90. The van der Waals surface area contributed by atoms with Gasteiger partial charge in [0.15, 0.2) is 0 Å². The number of fused-ring (bicyclic) bond motifs is 3. The van der Waals surface area contributed by atoms with Crippen molar-refractivity contribution in [2.75, 3.05) is 19.1 Å². The van der Waals surface area contributed by atoms with Crippen molar-refractivity contribution in [3.8, 4) is 18.6 Å². The lowest BCUT2D eigenvalue weighted by Gasteiger charge is -2.17. The number of halogens is 1. The molecule has 0 atom stereocenters. The second-order valence-corrected chi connectivity index (χ2v) is 8.59. The molecule has 0 unspecified atom stereocenters. The van der Waals surface area contributed by atoms with Crippen LogP contribution in [0.1, 0.15) is 96.3 Å². The van der Waals surface area contributed by atoms with E-state index in [1.54, 1.807) is 0 Å². The fraction of sp³-hybridized carbons (Fsp3) is 0.567. The third-order valence-corrected chi connectivity index (χ3v) is 5.55. The fourth-order valence-corrected chi connectivity index (χ4v) is 3.91. The monoisotopic (exact) mass is 470 g/mol. The van der Waals surface area contributed by atoms with Crippen molar-refractivity contribution in [1.82, 2.24) is 4.98 Å². The maximum absolute atomic E-state index is 9.50. The van der Waals surface area contributed by atoms with E-state index in [9.17, 15) is 4.39 Å². The Bertz CT molecular complexity index is 854. The van der Waals surface area contributed by atoms with Crippen LogP contribution < -0.4 is 10.1 Å². The van der Waals surface area contributed by atoms with Crippen LogP contribution in [-0.2, 0) is 12.8 Å². The number of nitrogens with one attached hydrogen (secondary N) is 1. The van der Waals surface area contributed by atoms with Gasteiger partial charge in [0.25, 0.3) is 0 Å². The van der Waals surface area contributed by atoms with E-state index in [1.165, 1.54) is 48.6 Å². The first-order chi connectivity index (χ1) is 16.5. The number of aryl methyl sites for hydroxylation is 1. The number of pyridine rings is 1. The van der Waals surface area contributed by atoms with Gasteiger partial charge in [-0.15, -0.1) is 12.8 Å². The normalized spacial score (nSPS) is 11.2. The molecule has 0 bridgehead atoms. The van der Waals surface area contributed by atoms with Crippen molar-refractivity contribution in [2.45, 2.75) is 98.4 Å². The molecule has 0 saturated heterocycles. The number of terminal acetylenes is 1. The Kier molecular flexibility index (Phi) is 17.4. The molecule has 1 N–H and O–H groups in total. The largest absolute Gasteiger partial charge is 0.493 e. The van der Waals surface area contributed by atoms with Gasteiger partial charge in [0.05, 0.1) is 19.3 Å². The zero-order valence-electron chi connectivity index (χ0n) is 22.5. The lowest BCUT2D eigenvalue weighted by Crippen LogP contribution is -2.13. The number of unbranched alkanes of at least 4 members (excludes halogenated alkanes) is 4. The molecule has 3 rings (SSSR count). The smallest absolute Gasteiger partial charge is 0.130 e. The molecule has 1 aliphatic carbocycles. The molecule has 0 aliphatic heterocycles. The van der Waals surface area contributed by atoms with Crippen LogP contribution >= 0.6 is 0 Å². The van der Waals surface area contributed by atoms with E-state index in [1.807, 2.05) is 6.08 Å². The van der Waals surface area contributed by atoms with Crippen LogP contribution in [0.3, 0.4) is 0 Å². The Hall–Kier alpha value is -2.54. The van der Waals surface area contributed by atoms with Crippen molar-refractivity contribution >= 4 is 22.8 Å². The molecule has 0 radical (unpaired) electrons. The van der Waals surface area contributed by atoms with Gasteiger partial charge in [0.1, 0.15) is 11.6 Å². The molecular weight excluding hydrogens is 423 g/mol. The summed E-state index contributed by atoms with van der Waals surface area (Å²) in [4.78, 5) is 4.93. The van der Waals surface area contributed by atoms with Crippen LogP contribution in [0.5, 0.6) is 5.75 Å². The van der Waals surface area contributed by atoms with Crippen molar-refractivity contribution in [1.29, 1.82) is 0 Å². The SMILES string of the molecule is C#C.C=Cc1cc2c3c(c(NC(C)C)nc2cc1OCCCC)CCC3.CCCCCC.CF. The number of alkyl halides is 1. The van der Waals surface area contributed by atoms with E-state index in [2.05, 4.69) is 71.5 Å². The van der Waals surface area contributed by atoms with Crippen molar-refractivity contribution in [3.63, 3.8) is 0 Å². The van der Waals surface area contributed by atoms with Crippen LogP contribution in [-0.4, -0.2) is 24.8 Å². The molecule has 0 fully saturated rings. The summed E-state index contributed by atoms with van der Waals surface area (Å²) in [6, 6.07) is 4.68. The number of hydrogen-bond acceptors (Lipinski definition) is 3. The van der Waals surface area contributed by atoms with Gasteiger partial charge in [-0.05, 0) is 56.7 Å². The Morgan fingerprint density at radius 2 is 1.62 bits per heavy atom. The van der Waals surface area contributed by atoms with Gasteiger partial charge in [-0.1, -0.05) is 65.5 Å².